The summed E-state index contributed by atoms with van der Waals surface area (Å²) in [4.78, 5) is 11.9. The van der Waals surface area contributed by atoms with Crippen LogP contribution < -0.4 is 0 Å². The maximum Gasteiger partial charge on any atom is 0.231 e. The maximum absolute atomic E-state index is 13.5. The molecule has 0 unspecified atom stereocenters. The first-order valence-electron chi connectivity index (χ1n) is 5.06. The van der Waals surface area contributed by atoms with Gasteiger partial charge in [-0.1, -0.05) is 0 Å². The van der Waals surface area contributed by atoms with E-state index in [0.717, 1.165) is 0 Å². The van der Waals surface area contributed by atoms with Crippen LogP contribution in [0.3, 0.4) is 0 Å². The second kappa shape index (κ2) is 4.13. The molecule has 1 aromatic heterocycles. The van der Waals surface area contributed by atoms with Gasteiger partial charge >= 0.3 is 0 Å². The minimum atomic E-state index is -0.882. The van der Waals surface area contributed by atoms with Gasteiger partial charge in [0.05, 0.1) is 5.56 Å². The number of rotatable bonds is 2. The van der Waals surface area contributed by atoms with Crippen LogP contribution in [0.4, 0.5) is 8.78 Å². The Hall–Kier alpha value is -1.97. The summed E-state index contributed by atoms with van der Waals surface area (Å²) in [6.07, 6.45) is 0. The van der Waals surface area contributed by atoms with E-state index >= 15 is 0 Å². The fraction of sp³-hybridized carbons (Fsp3) is 0.154. The van der Waals surface area contributed by atoms with Gasteiger partial charge in [0.2, 0.25) is 5.78 Å². The smallest absolute Gasteiger partial charge is 0.231 e. The third-order valence-electron chi connectivity index (χ3n) is 2.46. The molecule has 0 spiro atoms. The monoisotopic (exact) mass is 236 g/mol. The summed E-state index contributed by atoms with van der Waals surface area (Å²) in [5, 5.41) is 0. The molecule has 2 rings (SSSR count). The highest BCUT2D eigenvalue weighted by atomic mass is 19.1. The lowest BCUT2D eigenvalue weighted by atomic mass is 10.1. The summed E-state index contributed by atoms with van der Waals surface area (Å²) >= 11 is 0. The van der Waals surface area contributed by atoms with Gasteiger partial charge in [-0.3, -0.25) is 4.79 Å². The zero-order chi connectivity index (χ0) is 12.6. The molecule has 1 heterocycles. The van der Waals surface area contributed by atoms with E-state index in [4.69, 9.17) is 4.42 Å². The molecule has 88 valence electrons. The largest absolute Gasteiger partial charge is 0.458 e. The van der Waals surface area contributed by atoms with Gasteiger partial charge in [0, 0.05) is 6.07 Å². The quantitative estimate of drug-likeness (QED) is 0.748. The third kappa shape index (κ3) is 2.11. The van der Waals surface area contributed by atoms with Gasteiger partial charge in [-0.15, -0.1) is 0 Å². The zero-order valence-corrected chi connectivity index (χ0v) is 9.38. The fourth-order valence-corrected chi connectivity index (χ4v) is 1.52. The lowest BCUT2D eigenvalue weighted by Gasteiger charge is -2.03. The van der Waals surface area contributed by atoms with Gasteiger partial charge in [0.15, 0.2) is 5.76 Å². The van der Waals surface area contributed by atoms with E-state index in [1.54, 1.807) is 13.0 Å². The molecule has 1 aromatic carbocycles. The number of hydrogen-bond acceptors (Lipinski definition) is 2. The van der Waals surface area contributed by atoms with Crippen molar-refractivity contribution in [3.05, 3.63) is 58.5 Å². The highest BCUT2D eigenvalue weighted by Crippen LogP contribution is 2.19. The number of carbonyl (C=O) groups excluding carboxylic acids is 1. The maximum atomic E-state index is 13.5. The number of furan rings is 1. The number of carbonyl (C=O) groups is 1. The molecular weight excluding hydrogens is 226 g/mol. The van der Waals surface area contributed by atoms with Gasteiger partial charge in [-0.25, -0.2) is 8.78 Å². The molecule has 0 bridgehead atoms. The van der Waals surface area contributed by atoms with Crippen LogP contribution in [0.5, 0.6) is 0 Å². The summed E-state index contributed by atoms with van der Waals surface area (Å²) in [6.45, 7) is 3.15. The van der Waals surface area contributed by atoms with Crippen LogP contribution in [-0.4, -0.2) is 5.78 Å². The van der Waals surface area contributed by atoms with Crippen molar-refractivity contribution in [3.8, 4) is 0 Å². The van der Waals surface area contributed by atoms with Crippen molar-refractivity contribution in [1.82, 2.24) is 0 Å². The highest BCUT2D eigenvalue weighted by molar-refractivity contribution is 6.07. The molecule has 0 saturated heterocycles. The van der Waals surface area contributed by atoms with Gasteiger partial charge < -0.3 is 4.42 Å². The molecule has 0 saturated carbocycles. The second-order valence-corrected chi connectivity index (χ2v) is 3.82. The number of ketones is 1. The van der Waals surface area contributed by atoms with E-state index in [-0.39, 0.29) is 16.9 Å². The van der Waals surface area contributed by atoms with Gasteiger partial charge in [0.25, 0.3) is 0 Å². The van der Waals surface area contributed by atoms with Crippen molar-refractivity contribution in [2.75, 3.05) is 0 Å². The number of benzene rings is 1. The van der Waals surface area contributed by atoms with E-state index < -0.39 is 17.4 Å². The van der Waals surface area contributed by atoms with Crippen LogP contribution in [0.2, 0.25) is 0 Å². The van der Waals surface area contributed by atoms with Crippen LogP contribution in [0.25, 0.3) is 0 Å². The Kier molecular flexibility index (Phi) is 2.79. The van der Waals surface area contributed by atoms with Crippen molar-refractivity contribution >= 4 is 5.78 Å². The molecule has 0 aliphatic carbocycles. The molecule has 0 radical (unpaired) electrons. The molecule has 17 heavy (non-hydrogen) atoms. The van der Waals surface area contributed by atoms with Crippen molar-refractivity contribution in [1.29, 1.82) is 0 Å². The summed E-state index contributed by atoms with van der Waals surface area (Å²) in [6, 6.07) is 4.97. The fourth-order valence-electron chi connectivity index (χ4n) is 1.52. The van der Waals surface area contributed by atoms with Crippen molar-refractivity contribution in [2.24, 2.45) is 0 Å². The third-order valence-corrected chi connectivity index (χ3v) is 2.46. The predicted octanol–water partition coefficient (Wildman–Crippen LogP) is 3.41. The Balaban J connectivity index is 2.47. The second-order valence-electron chi connectivity index (χ2n) is 3.82. The topological polar surface area (TPSA) is 30.2 Å². The molecule has 0 aliphatic rings. The average Bonchev–Trinajstić information content (AvgIpc) is 2.69. The van der Waals surface area contributed by atoms with E-state index in [1.807, 2.05) is 0 Å². The normalized spacial score (nSPS) is 10.6. The molecular formula is C13H10F2O2. The van der Waals surface area contributed by atoms with E-state index in [1.165, 1.54) is 19.1 Å². The number of aryl methyl sites for hydroxylation is 2. The molecule has 0 N–H and O–H groups in total. The van der Waals surface area contributed by atoms with Crippen LogP contribution >= 0.6 is 0 Å². The molecule has 0 fully saturated rings. The van der Waals surface area contributed by atoms with Crippen molar-refractivity contribution in [2.45, 2.75) is 13.8 Å². The van der Waals surface area contributed by atoms with Gasteiger partial charge in [-0.2, -0.15) is 0 Å². The van der Waals surface area contributed by atoms with Gasteiger partial charge in [0.1, 0.15) is 17.4 Å². The van der Waals surface area contributed by atoms with Crippen LogP contribution in [0.1, 0.15) is 27.4 Å². The SMILES string of the molecule is Cc1ccc(C(=O)c2cc(C)c(F)cc2F)o1. The van der Waals surface area contributed by atoms with Crippen molar-refractivity contribution < 1.29 is 18.0 Å². The Labute approximate surface area is 96.9 Å². The molecule has 4 heteroatoms. The highest BCUT2D eigenvalue weighted by Gasteiger charge is 2.18. The minimum absolute atomic E-state index is 0.0485. The minimum Gasteiger partial charge on any atom is -0.458 e. The van der Waals surface area contributed by atoms with Crippen molar-refractivity contribution in [3.63, 3.8) is 0 Å². The first-order chi connectivity index (χ1) is 7.99. The summed E-state index contributed by atoms with van der Waals surface area (Å²) < 4.78 is 31.6. The molecule has 0 atom stereocenters. The summed E-state index contributed by atoms with van der Waals surface area (Å²) in [7, 11) is 0. The van der Waals surface area contributed by atoms with E-state index in [0.29, 0.717) is 11.8 Å². The predicted molar refractivity (Wildman–Crippen MR) is 58.0 cm³/mol. The first kappa shape index (κ1) is 11.5. The number of halogens is 2. The summed E-state index contributed by atoms with van der Waals surface area (Å²) in [5.74, 6) is -1.53. The first-order valence-corrected chi connectivity index (χ1v) is 5.06. The van der Waals surface area contributed by atoms with Crippen LogP contribution in [0, 0.1) is 25.5 Å². The van der Waals surface area contributed by atoms with Gasteiger partial charge in [-0.05, 0) is 37.6 Å². The Morgan fingerprint density at radius 1 is 1.12 bits per heavy atom. The Bertz CT molecular complexity index is 585. The molecule has 2 aromatic rings. The Morgan fingerprint density at radius 3 is 2.41 bits per heavy atom. The number of hydrogen-bond donors (Lipinski definition) is 0. The molecule has 0 amide bonds. The Morgan fingerprint density at radius 2 is 1.82 bits per heavy atom. The molecule has 0 aliphatic heterocycles. The zero-order valence-electron chi connectivity index (χ0n) is 9.38. The lowest BCUT2D eigenvalue weighted by Crippen LogP contribution is -2.04. The van der Waals surface area contributed by atoms with Crippen LogP contribution in [0.15, 0.2) is 28.7 Å². The average molecular weight is 236 g/mol. The lowest BCUT2D eigenvalue weighted by molar-refractivity contribution is 0.100. The van der Waals surface area contributed by atoms with E-state index in [9.17, 15) is 13.6 Å². The molecule has 2 nitrogen and oxygen atoms in total. The summed E-state index contributed by atoms with van der Waals surface area (Å²) in [5.41, 5.74) is 0.0382. The van der Waals surface area contributed by atoms with Crippen LogP contribution in [-0.2, 0) is 0 Å². The van der Waals surface area contributed by atoms with E-state index in [2.05, 4.69) is 0 Å². The standard InChI is InChI=1S/C13H10F2O2/c1-7-5-9(11(15)6-10(7)14)13(16)12-4-3-8(2)17-12/h3-6H,1-2H3.